The summed E-state index contributed by atoms with van der Waals surface area (Å²) in [5.74, 6) is 0.689. The number of rotatable bonds is 5. The van der Waals surface area contributed by atoms with Crippen molar-refractivity contribution in [2.75, 3.05) is 6.54 Å². The molecule has 2 N–H and O–H groups in total. The topological polar surface area (TPSA) is 26.0 Å². The van der Waals surface area contributed by atoms with E-state index in [4.69, 9.17) is 5.73 Å². The molecule has 1 aromatic rings. The molecule has 0 aromatic heterocycles. The average molecular weight is 205 g/mol. The Bertz CT molecular complexity index is 304. The van der Waals surface area contributed by atoms with Crippen LogP contribution in [0, 0.1) is 13.8 Å². The van der Waals surface area contributed by atoms with Gasteiger partial charge in [0.25, 0.3) is 0 Å². The quantitative estimate of drug-likeness (QED) is 0.781. The minimum Gasteiger partial charge on any atom is -0.330 e. The van der Waals surface area contributed by atoms with Gasteiger partial charge >= 0.3 is 0 Å². The molecule has 0 amide bonds. The van der Waals surface area contributed by atoms with Gasteiger partial charge in [0.15, 0.2) is 0 Å². The van der Waals surface area contributed by atoms with Gasteiger partial charge in [-0.05, 0) is 56.7 Å². The highest BCUT2D eigenvalue weighted by atomic mass is 14.5. The zero-order valence-corrected chi connectivity index (χ0v) is 10.2. The van der Waals surface area contributed by atoms with E-state index in [9.17, 15) is 0 Å². The third-order valence-corrected chi connectivity index (χ3v) is 3.11. The van der Waals surface area contributed by atoms with Crippen LogP contribution in [0.25, 0.3) is 0 Å². The predicted molar refractivity (Wildman–Crippen MR) is 67.2 cm³/mol. The van der Waals surface area contributed by atoms with Crippen LogP contribution in [0.5, 0.6) is 0 Å². The number of benzene rings is 1. The maximum Gasteiger partial charge on any atom is -0.00771 e. The van der Waals surface area contributed by atoms with E-state index in [0.717, 1.165) is 13.0 Å². The molecule has 1 heteroatoms. The minimum absolute atomic E-state index is 0.689. The first-order chi connectivity index (χ1) is 7.19. The highest BCUT2D eigenvalue weighted by Crippen LogP contribution is 2.27. The van der Waals surface area contributed by atoms with Crippen LogP contribution >= 0.6 is 0 Å². The van der Waals surface area contributed by atoms with E-state index in [1.165, 1.54) is 29.5 Å². The Kier molecular flexibility index (Phi) is 4.83. The third kappa shape index (κ3) is 3.35. The van der Waals surface area contributed by atoms with Crippen molar-refractivity contribution in [1.82, 2.24) is 0 Å². The Labute approximate surface area is 93.7 Å². The molecule has 0 spiro atoms. The number of nitrogens with two attached hydrogens (primary N) is 1. The summed E-state index contributed by atoms with van der Waals surface area (Å²) in [6.45, 7) is 7.44. The molecule has 1 unspecified atom stereocenters. The van der Waals surface area contributed by atoms with Crippen molar-refractivity contribution in [2.45, 2.75) is 46.0 Å². The van der Waals surface area contributed by atoms with E-state index in [1.54, 1.807) is 0 Å². The Morgan fingerprint density at radius 1 is 1.27 bits per heavy atom. The lowest BCUT2D eigenvalue weighted by Gasteiger charge is -2.17. The largest absolute Gasteiger partial charge is 0.330 e. The number of aryl methyl sites for hydroxylation is 2. The van der Waals surface area contributed by atoms with E-state index in [2.05, 4.69) is 39.0 Å². The Morgan fingerprint density at radius 2 is 2.00 bits per heavy atom. The molecule has 1 rings (SSSR count). The first kappa shape index (κ1) is 12.3. The molecule has 0 aliphatic heterocycles. The normalized spacial score (nSPS) is 12.8. The number of hydrogen-bond donors (Lipinski definition) is 1. The van der Waals surface area contributed by atoms with Crippen LogP contribution in [0.15, 0.2) is 18.2 Å². The second-order valence-corrected chi connectivity index (χ2v) is 4.40. The van der Waals surface area contributed by atoms with Gasteiger partial charge in [0.05, 0.1) is 0 Å². The molecule has 0 heterocycles. The Morgan fingerprint density at radius 3 is 2.53 bits per heavy atom. The zero-order chi connectivity index (χ0) is 11.3. The van der Waals surface area contributed by atoms with Gasteiger partial charge < -0.3 is 5.73 Å². The molecule has 1 aromatic carbocycles. The summed E-state index contributed by atoms with van der Waals surface area (Å²) < 4.78 is 0. The highest BCUT2D eigenvalue weighted by molar-refractivity contribution is 5.33. The van der Waals surface area contributed by atoms with Crippen LogP contribution in [0.2, 0.25) is 0 Å². The van der Waals surface area contributed by atoms with Gasteiger partial charge in [-0.2, -0.15) is 0 Å². The van der Waals surface area contributed by atoms with Crippen LogP contribution in [0.4, 0.5) is 0 Å². The van der Waals surface area contributed by atoms with E-state index >= 15 is 0 Å². The van der Waals surface area contributed by atoms with E-state index in [-0.39, 0.29) is 0 Å². The van der Waals surface area contributed by atoms with Gasteiger partial charge in [-0.15, -0.1) is 0 Å². The monoisotopic (exact) mass is 205 g/mol. The molecule has 1 atom stereocenters. The summed E-state index contributed by atoms with van der Waals surface area (Å²) in [7, 11) is 0. The molecule has 15 heavy (non-hydrogen) atoms. The van der Waals surface area contributed by atoms with E-state index < -0.39 is 0 Å². The standard InChI is InChI=1S/C14H23N/c1-4-13(6-5-9-15)14-8-7-11(2)10-12(14)3/h7-8,10,13H,4-6,9,15H2,1-3H3. The van der Waals surface area contributed by atoms with Crippen LogP contribution in [-0.2, 0) is 0 Å². The maximum absolute atomic E-state index is 5.57. The van der Waals surface area contributed by atoms with Gasteiger partial charge in [0.2, 0.25) is 0 Å². The summed E-state index contributed by atoms with van der Waals surface area (Å²) >= 11 is 0. The van der Waals surface area contributed by atoms with Crippen molar-refractivity contribution in [3.8, 4) is 0 Å². The van der Waals surface area contributed by atoms with Crippen molar-refractivity contribution in [1.29, 1.82) is 0 Å². The fourth-order valence-corrected chi connectivity index (χ4v) is 2.23. The first-order valence-electron chi connectivity index (χ1n) is 5.96. The van der Waals surface area contributed by atoms with Gasteiger partial charge in [-0.3, -0.25) is 0 Å². The predicted octanol–water partition coefficient (Wildman–Crippen LogP) is 3.54. The van der Waals surface area contributed by atoms with Crippen LogP contribution in [0.1, 0.15) is 48.8 Å². The van der Waals surface area contributed by atoms with E-state index in [1.807, 2.05) is 0 Å². The number of hydrogen-bond acceptors (Lipinski definition) is 1. The van der Waals surface area contributed by atoms with Crippen molar-refractivity contribution < 1.29 is 0 Å². The first-order valence-corrected chi connectivity index (χ1v) is 5.96. The van der Waals surface area contributed by atoms with Crippen molar-refractivity contribution >= 4 is 0 Å². The van der Waals surface area contributed by atoms with Gasteiger partial charge in [0, 0.05) is 0 Å². The molecular weight excluding hydrogens is 182 g/mol. The highest BCUT2D eigenvalue weighted by Gasteiger charge is 2.10. The van der Waals surface area contributed by atoms with Crippen molar-refractivity contribution in [2.24, 2.45) is 5.73 Å². The molecule has 0 saturated carbocycles. The summed E-state index contributed by atoms with van der Waals surface area (Å²) in [5.41, 5.74) is 9.86. The maximum atomic E-state index is 5.57. The molecule has 84 valence electrons. The smallest absolute Gasteiger partial charge is 0.00771 e. The second kappa shape index (κ2) is 5.92. The molecule has 0 fully saturated rings. The molecule has 0 bridgehead atoms. The minimum atomic E-state index is 0.689. The van der Waals surface area contributed by atoms with Crippen LogP contribution in [0.3, 0.4) is 0 Å². The second-order valence-electron chi connectivity index (χ2n) is 4.40. The molecule has 0 saturated heterocycles. The average Bonchev–Trinajstić information content (AvgIpc) is 2.21. The lowest BCUT2D eigenvalue weighted by atomic mass is 9.88. The fraction of sp³-hybridized carbons (Fsp3) is 0.571. The van der Waals surface area contributed by atoms with Gasteiger partial charge in [-0.1, -0.05) is 30.7 Å². The van der Waals surface area contributed by atoms with E-state index in [0.29, 0.717) is 5.92 Å². The molecule has 0 aliphatic rings. The Hall–Kier alpha value is -0.820. The molecule has 1 nitrogen and oxygen atoms in total. The SMILES string of the molecule is CCC(CCCN)c1ccc(C)cc1C. The zero-order valence-electron chi connectivity index (χ0n) is 10.2. The fourth-order valence-electron chi connectivity index (χ4n) is 2.23. The van der Waals surface area contributed by atoms with Crippen LogP contribution < -0.4 is 5.73 Å². The summed E-state index contributed by atoms with van der Waals surface area (Å²) in [4.78, 5) is 0. The third-order valence-electron chi connectivity index (χ3n) is 3.11. The van der Waals surface area contributed by atoms with Gasteiger partial charge in [-0.25, -0.2) is 0 Å². The molecule has 0 radical (unpaired) electrons. The summed E-state index contributed by atoms with van der Waals surface area (Å²) in [6, 6.07) is 6.78. The molecular formula is C14H23N. The Balaban J connectivity index is 2.81. The van der Waals surface area contributed by atoms with Crippen molar-refractivity contribution in [3.05, 3.63) is 34.9 Å². The van der Waals surface area contributed by atoms with Crippen LogP contribution in [-0.4, -0.2) is 6.54 Å². The van der Waals surface area contributed by atoms with Gasteiger partial charge in [0.1, 0.15) is 0 Å². The lowest BCUT2D eigenvalue weighted by molar-refractivity contribution is 0.578. The summed E-state index contributed by atoms with van der Waals surface area (Å²) in [5, 5.41) is 0. The lowest BCUT2D eigenvalue weighted by Crippen LogP contribution is -2.05. The summed E-state index contributed by atoms with van der Waals surface area (Å²) in [6.07, 6.45) is 3.56. The van der Waals surface area contributed by atoms with Crippen molar-refractivity contribution in [3.63, 3.8) is 0 Å². The molecule has 0 aliphatic carbocycles.